The van der Waals surface area contributed by atoms with Crippen LogP contribution in [0.4, 0.5) is 0 Å². The third-order valence-electron chi connectivity index (χ3n) is 4.56. The van der Waals surface area contributed by atoms with Gasteiger partial charge in [-0.05, 0) is 24.0 Å². The van der Waals surface area contributed by atoms with Crippen LogP contribution in [0.25, 0.3) is 0 Å². The Balaban J connectivity index is 2.01. The van der Waals surface area contributed by atoms with Gasteiger partial charge >= 0.3 is 0 Å². The third kappa shape index (κ3) is 2.37. The molecule has 0 aliphatic carbocycles. The molecule has 2 heteroatoms. The lowest BCUT2D eigenvalue weighted by Gasteiger charge is -2.42. The summed E-state index contributed by atoms with van der Waals surface area (Å²) >= 11 is 0. The Morgan fingerprint density at radius 2 is 1.25 bits per heavy atom. The van der Waals surface area contributed by atoms with Crippen LogP contribution in [0.5, 0.6) is 0 Å². The monoisotopic (exact) mass is 267 g/mol. The smallest absolute Gasteiger partial charge is 0.0956 e. The number of aliphatic hydroxyl groups excluding tert-OH is 1. The molecule has 0 amide bonds. The Labute approximate surface area is 120 Å². The molecule has 104 valence electrons. The largest absolute Gasteiger partial charge is 0.381 e. The maximum atomic E-state index is 9.33. The van der Waals surface area contributed by atoms with Crippen molar-refractivity contribution in [1.82, 2.24) is 4.90 Å². The van der Waals surface area contributed by atoms with E-state index in [2.05, 4.69) is 65.6 Å². The molecule has 1 aliphatic heterocycles. The highest BCUT2D eigenvalue weighted by atomic mass is 16.3. The number of hydrogen-bond donors (Lipinski definition) is 1. The van der Waals surface area contributed by atoms with E-state index in [-0.39, 0.29) is 12.1 Å². The van der Waals surface area contributed by atoms with Gasteiger partial charge in [-0.1, -0.05) is 60.7 Å². The highest BCUT2D eigenvalue weighted by Crippen LogP contribution is 2.41. The zero-order valence-corrected chi connectivity index (χ0v) is 11.7. The van der Waals surface area contributed by atoms with Gasteiger partial charge in [0.25, 0.3) is 0 Å². The first-order chi connectivity index (χ1) is 9.85. The number of aliphatic hydroxyl groups is 1. The van der Waals surface area contributed by atoms with Crippen LogP contribution < -0.4 is 0 Å². The summed E-state index contributed by atoms with van der Waals surface area (Å²) in [6.45, 7) is 2.06. The standard InChI is InChI=1S/C18H21NO/c20-15-19-13-11-18(12-14-19,16-7-3-1-4-8-16)17-9-5-2-6-10-17/h1-10,20H,11-15H2. The van der Waals surface area contributed by atoms with Crippen molar-refractivity contribution in [2.45, 2.75) is 18.3 Å². The average Bonchev–Trinajstić information content (AvgIpc) is 2.56. The molecule has 0 saturated carbocycles. The summed E-state index contributed by atoms with van der Waals surface area (Å²) in [5, 5.41) is 9.33. The second-order valence-corrected chi connectivity index (χ2v) is 5.57. The van der Waals surface area contributed by atoms with Crippen molar-refractivity contribution in [3.05, 3.63) is 71.8 Å². The van der Waals surface area contributed by atoms with Crippen molar-refractivity contribution in [3.63, 3.8) is 0 Å². The first kappa shape index (κ1) is 13.3. The van der Waals surface area contributed by atoms with Crippen LogP contribution in [-0.4, -0.2) is 29.8 Å². The van der Waals surface area contributed by atoms with E-state index in [1.807, 2.05) is 0 Å². The van der Waals surface area contributed by atoms with Gasteiger partial charge in [0.1, 0.15) is 0 Å². The van der Waals surface area contributed by atoms with Crippen LogP contribution in [0.3, 0.4) is 0 Å². The van der Waals surface area contributed by atoms with E-state index in [4.69, 9.17) is 0 Å². The lowest BCUT2D eigenvalue weighted by Crippen LogP contribution is -2.43. The Morgan fingerprint density at radius 1 is 0.800 bits per heavy atom. The molecule has 1 fully saturated rings. The number of nitrogens with zero attached hydrogens (tertiary/aromatic N) is 1. The van der Waals surface area contributed by atoms with Gasteiger partial charge in [0.2, 0.25) is 0 Å². The Bertz CT molecular complexity index is 488. The first-order valence-electron chi connectivity index (χ1n) is 7.29. The topological polar surface area (TPSA) is 23.5 Å². The van der Waals surface area contributed by atoms with E-state index in [1.165, 1.54) is 11.1 Å². The number of benzene rings is 2. The summed E-state index contributed by atoms with van der Waals surface area (Å²) in [5.41, 5.74) is 2.88. The van der Waals surface area contributed by atoms with Crippen molar-refractivity contribution >= 4 is 0 Å². The van der Waals surface area contributed by atoms with Gasteiger partial charge in [0.05, 0.1) is 6.73 Å². The van der Waals surface area contributed by atoms with Gasteiger partial charge in [0, 0.05) is 18.5 Å². The molecule has 0 atom stereocenters. The molecule has 0 radical (unpaired) electrons. The number of piperidine rings is 1. The van der Waals surface area contributed by atoms with Gasteiger partial charge < -0.3 is 5.11 Å². The lowest BCUT2D eigenvalue weighted by molar-refractivity contribution is 0.0713. The molecule has 20 heavy (non-hydrogen) atoms. The molecule has 1 heterocycles. The van der Waals surface area contributed by atoms with Crippen molar-refractivity contribution < 1.29 is 5.11 Å². The van der Waals surface area contributed by atoms with Gasteiger partial charge in [-0.15, -0.1) is 0 Å². The Morgan fingerprint density at radius 3 is 1.65 bits per heavy atom. The van der Waals surface area contributed by atoms with Crippen molar-refractivity contribution in [3.8, 4) is 0 Å². The number of hydrogen-bond acceptors (Lipinski definition) is 2. The minimum absolute atomic E-state index is 0.0915. The molecule has 3 rings (SSSR count). The molecule has 1 aliphatic rings. The van der Waals surface area contributed by atoms with Crippen LogP contribution in [0.1, 0.15) is 24.0 Å². The maximum absolute atomic E-state index is 9.33. The number of likely N-dealkylation sites (tertiary alicyclic amines) is 1. The number of rotatable bonds is 3. The fourth-order valence-corrected chi connectivity index (χ4v) is 3.33. The van der Waals surface area contributed by atoms with E-state index in [0.29, 0.717) is 0 Å². The molecule has 2 nitrogen and oxygen atoms in total. The van der Waals surface area contributed by atoms with Crippen LogP contribution in [0.15, 0.2) is 60.7 Å². The van der Waals surface area contributed by atoms with Gasteiger partial charge in [-0.3, -0.25) is 4.90 Å². The average molecular weight is 267 g/mol. The zero-order valence-electron chi connectivity index (χ0n) is 11.7. The minimum Gasteiger partial charge on any atom is -0.381 e. The fraction of sp³-hybridized carbons (Fsp3) is 0.333. The third-order valence-corrected chi connectivity index (χ3v) is 4.56. The predicted octanol–water partition coefficient (Wildman–Crippen LogP) is 3.02. The van der Waals surface area contributed by atoms with E-state index in [9.17, 15) is 5.11 Å². The van der Waals surface area contributed by atoms with Crippen LogP contribution in [0, 0.1) is 0 Å². The molecule has 0 aromatic heterocycles. The first-order valence-corrected chi connectivity index (χ1v) is 7.29. The second-order valence-electron chi connectivity index (χ2n) is 5.57. The zero-order chi connectivity index (χ0) is 13.8. The molecule has 0 unspecified atom stereocenters. The summed E-state index contributed by atoms with van der Waals surface area (Å²) in [5.74, 6) is 0. The Kier molecular flexibility index (Phi) is 3.86. The highest BCUT2D eigenvalue weighted by molar-refractivity contribution is 5.39. The van der Waals surface area contributed by atoms with Gasteiger partial charge in [-0.25, -0.2) is 0 Å². The lowest BCUT2D eigenvalue weighted by atomic mass is 9.68. The van der Waals surface area contributed by atoms with Crippen molar-refractivity contribution in [2.24, 2.45) is 0 Å². The molecular weight excluding hydrogens is 246 g/mol. The summed E-state index contributed by atoms with van der Waals surface area (Å²) in [7, 11) is 0. The molecule has 1 N–H and O–H groups in total. The molecular formula is C18H21NO. The summed E-state index contributed by atoms with van der Waals surface area (Å²) < 4.78 is 0. The van der Waals surface area contributed by atoms with Crippen molar-refractivity contribution in [2.75, 3.05) is 19.8 Å². The van der Waals surface area contributed by atoms with E-state index < -0.39 is 0 Å². The van der Waals surface area contributed by atoms with Crippen LogP contribution in [0.2, 0.25) is 0 Å². The van der Waals surface area contributed by atoms with E-state index >= 15 is 0 Å². The van der Waals surface area contributed by atoms with Gasteiger partial charge in [0.15, 0.2) is 0 Å². The molecule has 1 saturated heterocycles. The Hall–Kier alpha value is -1.64. The molecule has 2 aromatic rings. The maximum Gasteiger partial charge on any atom is 0.0956 e. The SMILES string of the molecule is OCN1CCC(c2ccccc2)(c2ccccc2)CC1. The summed E-state index contributed by atoms with van der Waals surface area (Å²) in [4.78, 5) is 2.12. The van der Waals surface area contributed by atoms with Gasteiger partial charge in [-0.2, -0.15) is 0 Å². The molecule has 0 bridgehead atoms. The van der Waals surface area contributed by atoms with E-state index in [1.54, 1.807) is 0 Å². The van der Waals surface area contributed by atoms with Crippen LogP contribution >= 0.6 is 0 Å². The highest BCUT2D eigenvalue weighted by Gasteiger charge is 2.37. The van der Waals surface area contributed by atoms with E-state index in [0.717, 1.165) is 25.9 Å². The predicted molar refractivity (Wildman–Crippen MR) is 81.6 cm³/mol. The second kappa shape index (κ2) is 5.78. The quantitative estimate of drug-likeness (QED) is 0.924. The normalized spacial score (nSPS) is 18.9. The van der Waals surface area contributed by atoms with Crippen LogP contribution in [-0.2, 0) is 5.41 Å². The summed E-state index contributed by atoms with van der Waals surface area (Å²) in [6, 6.07) is 21.6. The molecule has 0 spiro atoms. The van der Waals surface area contributed by atoms with Crippen molar-refractivity contribution in [1.29, 1.82) is 0 Å². The molecule has 2 aromatic carbocycles. The minimum atomic E-state index is 0.0915. The summed E-state index contributed by atoms with van der Waals surface area (Å²) in [6.07, 6.45) is 2.11. The fourth-order valence-electron chi connectivity index (χ4n) is 3.33.